The Kier molecular flexibility index (Phi) is 4.72. The molecule has 2 aromatic rings. The van der Waals surface area contributed by atoms with Gasteiger partial charge in [0.1, 0.15) is 0 Å². The molecule has 0 saturated carbocycles. The van der Waals surface area contributed by atoms with Crippen molar-refractivity contribution in [3.63, 3.8) is 0 Å². The summed E-state index contributed by atoms with van der Waals surface area (Å²) in [7, 11) is 0. The number of anilines is 2. The van der Waals surface area contributed by atoms with Crippen LogP contribution in [0.4, 0.5) is 11.4 Å². The SMILES string of the molecule is O=C(CS[C@H]1CC(=O)N(c2ccccc2)C1=O)Nc1ccc2c(c1)OCO2. The minimum atomic E-state index is -0.555. The highest BCUT2D eigenvalue weighted by Crippen LogP contribution is 2.34. The highest BCUT2D eigenvalue weighted by atomic mass is 32.2. The Labute approximate surface area is 159 Å². The number of para-hydroxylation sites is 1. The highest BCUT2D eigenvalue weighted by molar-refractivity contribution is 8.01. The van der Waals surface area contributed by atoms with Crippen LogP contribution in [0.25, 0.3) is 0 Å². The van der Waals surface area contributed by atoms with E-state index in [9.17, 15) is 14.4 Å². The van der Waals surface area contributed by atoms with Gasteiger partial charge in [0.2, 0.25) is 24.5 Å². The van der Waals surface area contributed by atoms with Gasteiger partial charge in [-0.1, -0.05) is 18.2 Å². The van der Waals surface area contributed by atoms with E-state index in [1.165, 1.54) is 16.7 Å². The maximum absolute atomic E-state index is 12.5. The zero-order valence-electron chi connectivity index (χ0n) is 14.2. The maximum Gasteiger partial charge on any atom is 0.247 e. The van der Waals surface area contributed by atoms with Gasteiger partial charge in [0.05, 0.1) is 16.7 Å². The predicted molar refractivity (Wildman–Crippen MR) is 101 cm³/mol. The van der Waals surface area contributed by atoms with Gasteiger partial charge in [0.25, 0.3) is 0 Å². The second-order valence-corrected chi connectivity index (χ2v) is 7.21. The van der Waals surface area contributed by atoms with Gasteiger partial charge in [-0.2, -0.15) is 0 Å². The second kappa shape index (κ2) is 7.32. The summed E-state index contributed by atoms with van der Waals surface area (Å²) in [5, 5.41) is 2.20. The fourth-order valence-electron chi connectivity index (χ4n) is 2.93. The van der Waals surface area contributed by atoms with Gasteiger partial charge in [-0.05, 0) is 24.3 Å². The number of carbonyl (C=O) groups excluding carboxylic acids is 3. The third-order valence-electron chi connectivity index (χ3n) is 4.19. The Hall–Kier alpha value is -3.00. The van der Waals surface area contributed by atoms with E-state index in [0.29, 0.717) is 22.9 Å². The zero-order chi connectivity index (χ0) is 18.8. The second-order valence-electron chi connectivity index (χ2n) is 6.02. The highest BCUT2D eigenvalue weighted by Gasteiger charge is 2.39. The molecule has 2 heterocycles. The summed E-state index contributed by atoms with van der Waals surface area (Å²) in [6, 6.07) is 13.9. The summed E-state index contributed by atoms with van der Waals surface area (Å²) in [5.41, 5.74) is 1.14. The van der Waals surface area contributed by atoms with Crippen LogP contribution in [0.15, 0.2) is 48.5 Å². The lowest BCUT2D eigenvalue weighted by molar-refractivity contribution is -0.121. The first-order valence-electron chi connectivity index (χ1n) is 8.35. The summed E-state index contributed by atoms with van der Waals surface area (Å²) in [4.78, 5) is 38.1. The molecule has 3 amide bonds. The first-order chi connectivity index (χ1) is 13.1. The summed E-state index contributed by atoms with van der Waals surface area (Å²) in [6.07, 6.45) is 0.0930. The van der Waals surface area contributed by atoms with E-state index in [4.69, 9.17) is 9.47 Å². The molecule has 2 aromatic carbocycles. The van der Waals surface area contributed by atoms with Crippen LogP contribution in [0, 0.1) is 0 Å². The lowest BCUT2D eigenvalue weighted by Crippen LogP contribution is -2.31. The molecule has 0 radical (unpaired) electrons. The summed E-state index contributed by atoms with van der Waals surface area (Å²) < 4.78 is 10.5. The van der Waals surface area contributed by atoms with Crippen molar-refractivity contribution < 1.29 is 23.9 Å². The quantitative estimate of drug-likeness (QED) is 0.797. The number of thioether (sulfide) groups is 1. The molecule has 8 heteroatoms. The fraction of sp³-hybridized carbons (Fsp3) is 0.211. The summed E-state index contributed by atoms with van der Waals surface area (Å²) >= 11 is 1.17. The smallest absolute Gasteiger partial charge is 0.247 e. The molecule has 2 aliphatic rings. The topological polar surface area (TPSA) is 84.9 Å². The van der Waals surface area contributed by atoms with Gasteiger partial charge in [-0.3, -0.25) is 14.4 Å². The van der Waals surface area contributed by atoms with E-state index in [1.807, 2.05) is 6.07 Å². The number of ether oxygens (including phenoxy) is 2. The van der Waals surface area contributed by atoms with Crippen molar-refractivity contribution in [3.05, 3.63) is 48.5 Å². The van der Waals surface area contributed by atoms with Gasteiger partial charge < -0.3 is 14.8 Å². The van der Waals surface area contributed by atoms with E-state index in [1.54, 1.807) is 42.5 Å². The fourth-order valence-corrected chi connectivity index (χ4v) is 3.86. The van der Waals surface area contributed by atoms with Crippen LogP contribution < -0.4 is 19.7 Å². The monoisotopic (exact) mass is 384 g/mol. The number of amides is 3. The lowest BCUT2D eigenvalue weighted by Gasteiger charge is -2.14. The van der Waals surface area contributed by atoms with Crippen LogP contribution in [0.2, 0.25) is 0 Å². The standard InChI is InChI=1S/C19H16N2O5S/c22-17(20-12-6-7-14-15(8-12)26-11-25-14)10-27-16-9-18(23)21(19(16)24)13-4-2-1-3-5-13/h1-8,16H,9-11H2,(H,20,22)/t16-/m0/s1. The van der Waals surface area contributed by atoms with Crippen LogP contribution >= 0.6 is 11.8 Å². The molecule has 0 aromatic heterocycles. The Morgan fingerprint density at radius 3 is 2.70 bits per heavy atom. The van der Waals surface area contributed by atoms with Gasteiger partial charge in [-0.25, -0.2) is 4.90 Å². The Morgan fingerprint density at radius 2 is 1.89 bits per heavy atom. The molecular formula is C19H16N2O5S. The molecule has 4 rings (SSSR count). The molecule has 1 saturated heterocycles. The maximum atomic E-state index is 12.5. The molecule has 1 atom stereocenters. The van der Waals surface area contributed by atoms with Crippen molar-refractivity contribution in [2.75, 3.05) is 22.8 Å². The van der Waals surface area contributed by atoms with Crippen LogP contribution in [0.5, 0.6) is 11.5 Å². The third kappa shape index (κ3) is 3.61. The van der Waals surface area contributed by atoms with Gasteiger partial charge in [0, 0.05) is 18.2 Å². The van der Waals surface area contributed by atoms with Crippen molar-refractivity contribution in [2.24, 2.45) is 0 Å². The summed E-state index contributed by atoms with van der Waals surface area (Å²) in [6.45, 7) is 0.165. The molecular weight excluding hydrogens is 368 g/mol. The van der Waals surface area contributed by atoms with Crippen molar-refractivity contribution in [1.29, 1.82) is 0 Å². The van der Waals surface area contributed by atoms with E-state index in [0.717, 1.165) is 0 Å². The molecule has 2 aliphatic heterocycles. The van der Waals surface area contributed by atoms with Gasteiger partial charge in [0.15, 0.2) is 11.5 Å². The molecule has 1 fully saturated rings. The van der Waals surface area contributed by atoms with Crippen molar-refractivity contribution in [1.82, 2.24) is 0 Å². The first kappa shape index (κ1) is 17.4. The number of fused-ring (bicyclic) bond motifs is 1. The number of hydrogen-bond donors (Lipinski definition) is 1. The van der Waals surface area contributed by atoms with E-state index >= 15 is 0 Å². The van der Waals surface area contributed by atoms with Crippen LogP contribution in [-0.4, -0.2) is 35.5 Å². The zero-order valence-corrected chi connectivity index (χ0v) is 15.0. The Morgan fingerprint density at radius 1 is 1.11 bits per heavy atom. The van der Waals surface area contributed by atoms with Crippen molar-refractivity contribution in [3.8, 4) is 11.5 Å². The van der Waals surface area contributed by atoms with Gasteiger partial charge >= 0.3 is 0 Å². The third-order valence-corrected chi connectivity index (χ3v) is 5.39. The Bertz CT molecular complexity index is 902. The molecule has 138 valence electrons. The van der Waals surface area contributed by atoms with Gasteiger partial charge in [-0.15, -0.1) is 11.8 Å². The average Bonchev–Trinajstić information content (AvgIpc) is 3.24. The number of carbonyl (C=O) groups is 3. The molecule has 0 unspecified atom stereocenters. The van der Waals surface area contributed by atoms with E-state index in [-0.39, 0.29) is 36.7 Å². The minimum Gasteiger partial charge on any atom is -0.454 e. The normalized spacial score (nSPS) is 18.1. The summed E-state index contributed by atoms with van der Waals surface area (Å²) in [5.74, 6) is 0.499. The lowest BCUT2D eigenvalue weighted by atomic mass is 10.3. The number of imide groups is 1. The largest absolute Gasteiger partial charge is 0.454 e. The number of nitrogens with one attached hydrogen (secondary N) is 1. The van der Waals surface area contributed by atoms with Crippen LogP contribution in [0.3, 0.4) is 0 Å². The van der Waals surface area contributed by atoms with Crippen LogP contribution in [0.1, 0.15) is 6.42 Å². The van der Waals surface area contributed by atoms with Crippen LogP contribution in [-0.2, 0) is 14.4 Å². The number of rotatable bonds is 5. The van der Waals surface area contributed by atoms with E-state index < -0.39 is 5.25 Å². The van der Waals surface area contributed by atoms with E-state index in [2.05, 4.69) is 5.32 Å². The average molecular weight is 384 g/mol. The first-order valence-corrected chi connectivity index (χ1v) is 9.39. The Balaban J connectivity index is 1.34. The number of hydrogen-bond acceptors (Lipinski definition) is 6. The molecule has 0 spiro atoms. The minimum absolute atomic E-state index is 0.0702. The predicted octanol–water partition coefficient (Wildman–Crippen LogP) is 2.42. The molecule has 0 aliphatic carbocycles. The molecule has 7 nitrogen and oxygen atoms in total. The van der Waals surface area contributed by atoms with Crippen molar-refractivity contribution >= 4 is 40.9 Å². The molecule has 27 heavy (non-hydrogen) atoms. The number of nitrogens with zero attached hydrogens (tertiary/aromatic N) is 1. The number of benzene rings is 2. The van der Waals surface area contributed by atoms with Crippen molar-refractivity contribution in [2.45, 2.75) is 11.7 Å². The molecule has 1 N–H and O–H groups in total. The molecule has 0 bridgehead atoms.